The van der Waals surface area contributed by atoms with Gasteiger partial charge in [0.05, 0.1) is 6.10 Å². The first kappa shape index (κ1) is 15.4. The lowest BCUT2D eigenvalue weighted by molar-refractivity contribution is 0.0698. The van der Waals surface area contributed by atoms with Gasteiger partial charge in [-0.15, -0.1) is 0 Å². The fourth-order valence-corrected chi connectivity index (χ4v) is 3.10. The van der Waals surface area contributed by atoms with Crippen molar-refractivity contribution < 1.29 is 9.53 Å². The van der Waals surface area contributed by atoms with E-state index >= 15 is 0 Å². The van der Waals surface area contributed by atoms with Gasteiger partial charge in [-0.05, 0) is 50.8 Å². The summed E-state index contributed by atoms with van der Waals surface area (Å²) in [5.41, 5.74) is 0.723. The predicted molar refractivity (Wildman–Crippen MR) is 84.6 cm³/mol. The van der Waals surface area contributed by atoms with E-state index in [4.69, 9.17) is 4.74 Å². The van der Waals surface area contributed by atoms with Crippen LogP contribution < -0.4 is 4.74 Å². The number of hydrogen-bond acceptors (Lipinski definition) is 2. The molecule has 0 aromatic heterocycles. The van der Waals surface area contributed by atoms with Crippen LogP contribution in [0.3, 0.4) is 0 Å². The standard InChI is InChI=1S/C16H22BrNO2/c1-12(2)20-15-5-3-4-14(10-15)16(19)18-8-6-13(11-17)7-9-18/h3-5,10,12-13H,6-9,11H2,1-2H3. The van der Waals surface area contributed by atoms with E-state index < -0.39 is 0 Å². The SMILES string of the molecule is CC(C)Oc1cccc(C(=O)N2CCC(CBr)CC2)c1. The summed E-state index contributed by atoms with van der Waals surface area (Å²) in [6, 6.07) is 7.50. The van der Waals surface area contributed by atoms with E-state index in [0.29, 0.717) is 5.92 Å². The van der Waals surface area contributed by atoms with Crippen molar-refractivity contribution in [3.05, 3.63) is 29.8 Å². The normalized spacial score (nSPS) is 16.5. The van der Waals surface area contributed by atoms with Gasteiger partial charge in [0.15, 0.2) is 0 Å². The van der Waals surface area contributed by atoms with Gasteiger partial charge in [0.25, 0.3) is 5.91 Å². The number of halogens is 1. The van der Waals surface area contributed by atoms with Crippen molar-refractivity contribution in [3.8, 4) is 5.75 Å². The number of benzene rings is 1. The molecule has 3 nitrogen and oxygen atoms in total. The predicted octanol–water partition coefficient (Wildman–Crippen LogP) is 3.72. The van der Waals surface area contributed by atoms with Crippen LogP contribution in [0.4, 0.5) is 0 Å². The lowest BCUT2D eigenvalue weighted by atomic mass is 9.98. The van der Waals surface area contributed by atoms with Gasteiger partial charge in [-0.25, -0.2) is 0 Å². The van der Waals surface area contributed by atoms with Crippen LogP contribution in [-0.2, 0) is 0 Å². The smallest absolute Gasteiger partial charge is 0.253 e. The van der Waals surface area contributed by atoms with Crippen LogP contribution in [0.5, 0.6) is 5.75 Å². The van der Waals surface area contributed by atoms with Crippen LogP contribution in [-0.4, -0.2) is 35.3 Å². The number of carbonyl (C=O) groups is 1. The van der Waals surface area contributed by atoms with Crippen molar-refractivity contribution in [2.45, 2.75) is 32.8 Å². The van der Waals surface area contributed by atoms with Gasteiger partial charge in [-0.3, -0.25) is 4.79 Å². The third kappa shape index (κ3) is 3.98. The Kier molecular flexibility index (Phi) is 5.46. The van der Waals surface area contributed by atoms with E-state index in [2.05, 4.69) is 15.9 Å². The van der Waals surface area contributed by atoms with Crippen molar-refractivity contribution in [3.63, 3.8) is 0 Å². The maximum Gasteiger partial charge on any atom is 0.253 e. The molecule has 1 aliphatic heterocycles. The van der Waals surface area contributed by atoms with Gasteiger partial charge in [0.1, 0.15) is 5.75 Å². The van der Waals surface area contributed by atoms with Crippen LogP contribution in [0.1, 0.15) is 37.0 Å². The van der Waals surface area contributed by atoms with Gasteiger partial charge in [-0.2, -0.15) is 0 Å². The molecule has 1 fully saturated rings. The number of hydrogen-bond donors (Lipinski definition) is 0. The summed E-state index contributed by atoms with van der Waals surface area (Å²) >= 11 is 3.53. The topological polar surface area (TPSA) is 29.5 Å². The summed E-state index contributed by atoms with van der Waals surface area (Å²) in [5, 5.41) is 1.03. The molecular weight excluding hydrogens is 318 g/mol. The number of nitrogens with zero attached hydrogens (tertiary/aromatic N) is 1. The van der Waals surface area contributed by atoms with Crippen LogP contribution in [0, 0.1) is 5.92 Å². The summed E-state index contributed by atoms with van der Waals surface area (Å²) in [6.07, 6.45) is 2.29. The highest BCUT2D eigenvalue weighted by atomic mass is 79.9. The second kappa shape index (κ2) is 7.11. The molecule has 1 heterocycles. The van der Waals surface area contributed by atoms with Crippen LogP contribution in [0.25, 0.3) is 0 Å². The average molecular weight is 340 g/mol. The van der Waals surface area contributed by atoms with E-state index in [1.165, 1.54) is 0 Å². The Hall–Kier alpha value is -1.03. The minimum Gasteiger partial charge on any atom is -0.491 e. The first-order valence-corrected chi connectivity index (χ1v) is 8.34. The molecule has 0 radical (unpaired) electrons. The number of rotatable bonds is 4. The minimum atomic E-state index is 0.118. The zero-order valence-corrected chi connectivity index (χ0v) is 13.7. The number of alkyl halides is 1. The molecule has 0 saturated carbocycles. The molecule has 1 aromatic rings. The Labute approximate surface area is 129 Å². The third-order valence-electron chi connectivity index (χ3n) is 3.57. The molecule has 20 heavy (non-hydrogen) atoms. The summed E-state index contributed by atoms with van der Waals surface area (Å²) in [6.45, 7) is 5.67. The Morgan fingerprint density at radius 1 is 1.40 bits per heavy atom. The molecule has 0 unspecified atom stereocenters. The van der Waals surface area contributed by atoms with Crippen molar-refractivity contribution in [2.75, 3.05) is 18.4 Å². The van der Waals surface area contributed by atoms with Gasteiger partial charge >= 0.3 is 0 Å². The summed E-state index contributed by atoms with van der Waals surface area (Å²) in [4.78, 5) is 14.4. The van der Waals surface area contributed by atoms with Crippen molar-refractivity contribution in [2.24, 2.45) is 5.92 Å². The van der Waals surface area contributed by atoms with Gasteiger partial charge in [-0.1, -0.05) is 22.0 Å². The quantitative estimate of drug-likeness (QED) is 0.782. The first-order valence-electron chi connectivity index (χ1n) is 7.22. The van der Waals surface area contributed by atoms with E-state index in [1.54, 1.807) is 0 Å². The highest BCUT2D eigenvalue weighted by Gasteiger charge is 2.23. The second-order valence-corrected chi connectivity index (χ2v) is 6.23. The minimum absolute atomic E-state index is 0.118. The highest BCUT2D eigenvalue weighted by molar-refractivity contribution is 9.09. The molecule has 4 heteroatoms. The molecule has 1 amide bonds. The molecule has 0 atom stereocenters. The Morgan fingerprint density at radius 2 is 2.10 bits per heavy atom. The van der Waals surface area contributed by atoms with E-state index in [1.807, 2.05) is 43.0 Å². The molecule has 110 valence electrons. The maximum absolute atomic E-state index is 12.5. The summed E-state index contributed by atoms with van der Waals surface area (Å²) < 4.78 is 5.65. The Bertz CT molecular complexity index is 454. The molecule has 0 bridgehead atoms. The number of piperidine rings is 1. The lowest BCUT2D eigenvalue weighted by Gasteiger charge is -2.31. The largest absolute Gasteiger partial charge is 0.491 e. The maximum atomic E-state index is 12.5. The zero-order chi connectivity index (χ0) is 14.5. The van der Waals surface area contributed by atoms with Crippen LogP contribution in [0.2, 0.25) is 0 Å². The highest BCUT2D eigenvalue weighted by Crippen LogP contribution is 2.22. The third-order valence-corrected chi connectivity index (χ3v) is 4.49. The van der Waals surface area contributed by atoms with E-state index in [0.717, 1.165) is 42.6 Å². The van der Waals surface area contributed by atoms with Gasteiger partial charge in [0, 0.05) is 24.0 Å². The molecule has 1 aliphatic rings. The molecule has 0 spiro atoms. The second-order valence-electron chi connectivity index (χ2n) is 5.58. The Balaban J connectivity index is 2.02. The average Bonchev–Trinajstić information content (AvgIpc) is 2.46. The van der Waals surface area contributed by atoms with Gasteiger partial charge in [0.2, 0.25) is 0 Å². The van der Waals surface area contributed by atoms with Gasteiger partial charge < -0.3 is 9.64 Å². The molecule has 0 aliphatic carbocycles. The number of amides is 1. The number of ether oxygens (including phenoxy) is 1. The first-order chi connectivity index (χ1) is 9.60. The lowest BCUT2D eigenvalue weighted by Crippen LogP contribution is -2.38. The molecular formula is C16H22BrNO2. The fourth-order valence-electron chi connectivity index (χ4n) is 2.45. The zero-order valence-electron chi connectivity index (χ0n) is 12.1. The fraction of sp³-hybridized carbons (Fsp3) is 0.562. The monoisotopic (exact) mass is 339 g/mol. The summed E-state index contributed by atoms with van der Waals surface area (Å²) in [7, 11) is 0. The van der Waals surface area contributed by atoms with E-state index in [-0.39, 0.29) is 12.0 Å². The molecule has 0 N–H and O–H groups in total. The van der Waals surface area contributed by atoms with Crippen molar-refractivity contribution in [1.29, 1.82) is 0 Å². The van der Waals surface area contributed by atoms with Crippen LogP contribution >= 0.6 is 15.9 Å². The van der Waals surface area contributed by atoms with Crippen molar-refractivity contribution >= 4 is 21.8 Å². The number of carbonyl (C=O) groups excluding carboxylic acids is 1. The van der Waals surface area contributed by atoms with E-state index in [9.17, 15) is 4.79 Å². The number of likely N-dealkylation sites (tertiary alicyclic amines) is 1. The Morgan fingerprint density at radius 3 is 2.70 bits per heavy atom. The molecule has 2 rings (SSSR count). The van der Waals surface area contributed by atoms with Crippen LogP contribution in [0.15, 0.2) is 24.3 Å². The molecule has 1 aromatic carbocycles. The molecule has 1 saturated heterocycles. The van der Waals surface area contributed by atoms with Crippen molar-refractivity contribution in [1.82, 2.24) is 4.90 Å². The summed E-state index contributed by atoms with van der Waals surface area (Å²) in [5.74, 6) is 1.59.